The first-order valence-corrected chi connectivity index (χ1v) is 6.77. The molecule has 2 aliphatic rings. The summed E-state index contributed by atoms with van der Waals surface area (Å²) >= 11 is 0. The fraction of sp³-hybridized carbons (Fsp3) is 0.643. The van der Waals surface area contributed by atoms with Crippen LogP contribution in [0.25, 0.3) is 0 Å². The minimum absolute atomic E-state index is 0.278. The van der Waals surface area contributed by atoms with Gasteiger partial charge in [-0.3, -0.25) is 9.88 Å². The van der Waals surface area contributed by atoms with Crippen LogP contribution < -0.4 is 5.73 Å². The molecule has 2 heterocycles. The van der Waals surface area contributed by atoms with Gasteiger partial charge in [0.25, 0.3) is 0 Å². The van der Waals surface area contributed by atoms with E-state index in [1.807, 2.05) is 12.4 Å². The lowest BCUT2D eigenvalue weighted by Crippen LogP contribution is -2.41. The minimum atomic E-state index is 0.278. The molecule has 0 radical (unpaired) electrons. The van der Waals surface area contributed by atoms with E-state index in [9.17, 15) is 0 Å². The number of pyridine rings is 1. The maximum absolute atomic E-state index is 6.40. The maximum atomic E-state index is 6.40. The third-order valence-corrected chi connectivity index (χ3v) is 4.03. The Hall–Kier alpha value is -0.930. The van der Waals surface area contributed by atoms with Crippen molar-refractivity contribution in [3.05, 3.63) is 30.1 Å². The summed E-state index contributed by atoms with van der Waals surface area (Å²) in [5.41, 5.74) is 7.75. The van der Waals surface area contributed by atoms with Crippen LogP contribution >= 0.6 is 0 Å². The number of aromatic nitrogens is 1. The van der Waals surface area contributed by atoms with E-state index in [0.717, 1.165) is 12.5 Å². The van der Waals surface area contributed by atoms with Crippen molar-refractivity contribution in [3.63, 3.8) is 0 Å². The largest absolute Gasteiger partial charge is 0.326 e. The molecule has 92 valence electrons. The Bertz CT molecular complexity index is 361. The average Bonchev–Trinajstić information content (AvgIpc) is 3.17. The van der Waals surface area contributed by atoms with Crippen LogP contribution in [0.15, 0.2) is 24.5 Å². The Morgan fingerprint density at radius 2 is 1.88 bits per heavy atom. The fourth-order valence-corrected chi connectivity index (χ4v) is 3.03. The summed E-state index contributed by atoms with van der Waals surface area (Å²) in [6, 6.07) is 5.74. The van der Waals surface area contributed by atoms with Crippen molar-refractivity contribution >= 4 is 0 Å². The predicted octanol–water partition coefficient (Wildman–Crippen LogP) is 2.10. The molecule has 1 saturated carbocycles. The molecule has 1 aliphatic heterocycles. The molecule has 0 spiro atoms. The van der Waals surface area contributed by atoms with Crippen molar-refractivity contribution < 1.29 is 0 Å². The van der Waals surface area contributed by atoms with E-state index in [-0.39, 0.29) is 6.04 Å². The second kappa shape index (κ2) is 4.75. The molecule has 3 nitrogen and oxygen atoms in total. The first-order valence-electron chi connectivity index (χ1n) is 6.77. The first-order chi connectivity index (χ1) is 8.36. The minimum Gasteiger partial charge on any atom is -0.326 e. The van der Waals surface area contributed by atoms with Gasteiger partial charge in [0.15, 0.2) is 0 Å². The maximum Gasteiger partial charge on any atom is 0.0503 e. The van der Waals surface area contributed by atoms with Gasteiger partial charge in [-0.15, -0.1) is 0 Å². The van der Waals surface area contributed by atoms with Gasteiger partial charge in [-0.25, -0.2) is 0 Å². The zero-order valence-electron chi connectivity index (χ0n) is 10.3. The summed E-state index contributed by atoms with van der Waals surface area (Å²) in [5, 5.41) is 0. The Balaban J connectivity index is 1.89. The van der Waals surface area contributed by atoms with Gasteiger partial charge in [-0.05, 0) is 49.9 Å². The number of nitrogens with zero attached hydrogens (tertiary/aromatic N) is 2. The van der Waals surface area contributed by atoms with Crippen molar-refractivity contribution in [1.29, 1.82) is 0 Å². The molecule has 2 N–H and O–H groups in total. The van der Waals surface area contributed by atoms with Crippen molar-refractivity contribution in [2.45, 2.75) is 50.2 Å². The van der Waals surface area contributed by atoms with Crippen molar-refractivity contribution in [2.75, 3.05) is 6.54 Å². The molecular weight excluding hydrogens is 210 g/mol. The van der Waals surface area contributed by atoms with E-state index in [2.05, 4.69) is 22.0 Å². The third-order valence-electron chi connectivity index (χ3n) is 4.03. The number of likely N-dealkylation sites (tertiary alicyclic amines) is 1. The molecular formula is C14H21N3. The summed E-state index contributed by atoms with van der Waals surface area (Å²) < 4.78 is 0. The number of hydrogen-bond acceptors (Lipinski definition) is 3. The second-order valence-corrected chi connectivity index (χ2v) is 5.35. The monoisotopic (exact) mass is 231 g/mol. The van der Waals surface area contributed by atoms with Crippen LogP contribution in [0, 0.1) is 0 Å². The van der Waals surface area contributed by atoms with Crippen LogP contribution in [0.1, 0.15) is 43.7 Å². The number of hydrogen-bond donors (Lipinski definition) is 1. The first kappa shape index (κ1) is 11.2. The Kier molecular flexibility index (Phi) is 3.12. The molecule has 1 saturated heterocycles. The third kappa shape index (κ3) is 2.35. The van der Waals surface area contributed by atoms with Crippen LogP contribution in [0.2, 0.25) is 0 Å². The van der Waals surface area contributed by atoms with Crippen LogP contribution in [0.4, 0.5) is 0 Å². The van der Waals surface area contributed by atoms with Gasteiger partial charge in [-0.2, -0.15) is 0 Å². The second-order valence-electron chi connectivity index (χ2n) is 5.35. The molecule has 3 rings (SSSR count). The number of nitrogens with two attached hydrogens (primary N) is 1. The molecule has 2 fully saturated rings. The highest BCUT2D eigenvalue weighted by molar-refractivity contribution is 5.19. The van der Waals surface area contributed by atoms with E-state index in [1.165, 1.54) is 37.8 Å². The van der Waals surface area contributed by atoms with Crippen molar-refractivity contribution in [2.24, 2.45) is 5.73 Å². The van der Waals surface area contributed by atoms with E-state index in [4.69, 9.17) is 5.73 Å². The Morgan fingerprint density at radius 1 is 1.12 bits per heavy atom. The highest BCUT2D eigenvalue weighted by atomic mass is 15.2. The standard InChI is InChI=1S/C14H21N3/c15-13-3-1-2-10-17(12-4-5-12)14(13)11-6-8-16-9-7-11/h6-9,12-14H,1-5,10,15H2. The molecule has 17 heavy (non-hydrogen) atoms. The summed E-state index contributed by atoms with van der Waals surface area (Å²) in [4.78, 5) is 6.76. The van der Waals surface area contributed by atoms with Crippen molar-refractivity contribution in [1.82, 2.24) is 9.88 Å². The fourth-order valence-electron chi connectivity index (χ4n) is 3.03. The van der Waals surface area contributed by atoms with Crippen LogP contribution in [0.3, 0.4) is 0 Å². The van der Waals surface area contributed by atoms with Gasteiger partial charge in [-0.1, -0.05) is 6.42 Å². The molecule has 2 atom stereocenters. The van der Waals surface area contributed by atoms with E-state index in [1.54, 1.807) is 0 Å². The van der Waals surface area contributed by atoms with Gasteiger partial charge in [0.2, 0.25) is 0 Å². The van der Waals surface area contributed by atoms with Gasteiger partial charge < -0.3 is 5.73 Å². The zero-order valence-corrected chi connectivity index (χ0v) is 10.3. The smallest absolute Gasteiger partial charge is 0.0503 e. The van der Waals surface area contributed by atoms with E-state index >= 15 is 0 Å². The lowest BCUT2D eigenvalue weighted by Gasteiger charge is -2.33. The highest BCUT2D eigenvalue weighted by Crippen LogP contribution is 2.38. The van der Waals surface area contributed by atoms with Crippen LogP contribution in [-0.4, -0.2) is 28.5 Å². The quantitative estimate of drug-likeness (QED) is 0.847. The van der Waals surface area contributed by atoms with Crippen LogP contribution in [0.5, 0.6) is 0 Å². The molecule has 1 aromatic heterocycles. The summed E-state index contributed by atoms with van der Waals surface area (Å²) in [7, 11) is 0. The van der Waals surface area contributed by atoms with Crippen molar-refractivity contribution in [3.8, 4) is 0 Å². The lowest BCUT2D eigenvalue weighted by molar-refractivity contribution is 0.175. The topological polar surface area (TPSA) is 42.1 Å². The summed E-state index contributed by atoms with van der Waals surface area (Å²) in [6.07, 6.45) is 10.2. The molecule has 0 amide bonds. The SMILES string of the molecule is NC1CCCCN(C2CC2)C1c1ccncc1. The van der Waals surface area contributed by atoms with Gasteiger partial charge in [0.05, 0.1) is 6.04 Å². The predicted molar refractivity (Wildman–Crippen MR) is 68.5 cm³/mol. The van der Waals surface area contributed by atoms with Gasteiger partial charge in [0.1, 0.15) is 0 Å². The van der Waals surface area contributed by atoms with Gasteiger partial charge in [0, 0.05) is 24.5 Å². The van der Waals surface area contributed by atoms with E-state index < -0.39 is 0 Å². The number of rotatable bonds is 2. The summed E-state index contributed by atoms with van der Waals surface area (Å²) in [5.74, 6) is 0. The molecule has 1 aromatic rings. The molecule has 3 heteroatoms. The normalized spacial score (nSPS) is 31.1. The lowest BCUT2D eigenvalue weighted by atomic mass is 9.97. The molecule has 0 bridgehead atoms. The summed E-state index contributed by atoms with van der Waals surface area (Å²) in [6.45, 7) is 1.21. The Labute approximate surface area is 103 Å². The Morgan fingerprint density at radius 3 is 2.59 bits per heavy atom. The van der Waals surface area contributed by atoms with Gasteiger partial charge >= 0.3 is 0 Å². The van der Waals surface area contributed by atoms with Crippen LogP contribution in [-0.2, 0) is 0 Å². The molecule has 0 aromatic carbocycles. The zero-order chi connectivity index (χ0) is 11.7. The molecule has 1 aliphatic carbocycles. The highest BCUT2D eigenvalue weighted by Gasteiger charge is 2.37. The average molecular weight is 231 g/mol. The molecule has 2 unspecified atom stereocenters. The van der Waals surface area contributed by atoms with E-state index in [0.29, 0.717) is 6.04 Å².